The lowest BCUT2D eigenvalue weighted by atomic mass is 9.74. The largest absolute Gasteiger partial charge is 0.345 e. The zero-order valence-electron chi connectivity index (χ0n) is 16.1. The highest BCUT2D eigenvalue weighted by atomic mass is 16.2. The molecule has 1 aromatic carbocycles. The van der Waals surface area contributed by atoms with E-state index < -0.39 is 5.69 Å². The summed E-state index contributed by atoms with van der Waals surface area (Å²) >= 11 is 0. The molecule has 1 aliphatic heterocycles. The first-order valence-corrected chi connectivity index (χ1v) is 9.95. The minimum absolute atomic E-state index is 0.118. The van der Waals surface area contributed by atoms with E-state index in [2.05, 4.69) is 48.1 Å². The first kappa shape index (κ1) is 18.0. The minimum atomic E-state index is -0.435. The van der Waals surface area contributed by atoms with Gasteiger partial charge in [-0.3, -0.25) is 4.79 Å². The van der Waals surface area contributed by atoms with Gasteiger partial charge in [0.15, 0.2) is 0 Å². The number of hydrogen-bond donors (Lipinski definition) is 1. The molecule has 1 fully saturated rings. The Labute approximate surface area is 159 Å². The first-order chi connectivity index (χ1) is 13.0. The number of aromatic nitrogens is 2. The maximum absolute atomic E-state index is 12.9. The number of benzene rings is 1. The molecule has 5 nitrogen and oxygen atoms in total. The molecule has 2 aromatic rings. The summed E-state index contributed by atoms with van der Waals surface area (Å²) in [5, 5.41) is 0. The molecular weight excluding hydrogens is 338 g/mol. The Morgan fingerprint density at radius 2 is 1.96 bits per heavy atom. The van der Waals surface area contributed by atoms with E-state index in [9.17, 15) is 9.59 Å². The van der Waals surface area contributed by atoms with E-state index in [4.69, 9.17) is 0 Å². The van der Waals surface area contributed by atoms with Gasteiger partial charge in [-0.15, -0.1) is 0 Å². The second-order valence-corrected chi connectivity index (χ2v) is 8.42. The van der Waals surface area contributed by atoms with Gasteiger partial charge in [-0.2, -0.15) is 4.98 Å². The number of nitrogens with one attached hydrogen (secondary N) is 1. The second-order valence-electron chi connectivity index (χ2n) is 8.42. The lowest BCUT2D eigenvalue weighted by molar-refractivity contribution is 0.0659. The van der Waals surface area contributed by atoms with Gasteiger partial charge in [-0.25, -0.2) is 4.79 Å². The standard InChI is InChI=1S/C22H27N3O2/c1-15(2)13-17-14-19(24-21(27)23-17)20(26)25-11-9-22(10-12-25)8-7-16-5-3-4-6-18(16)22/h3-6,14-15H,7-13H2,1-2H3,(H,23,24,27). The smallest absolute Gasteiger partial charge is 0.337 e. The van der Waals surface area contributed by atoms with Crippen LogP contribution in [0, 0.1) is 5.92 Å². The molecule has 0 unspecified atom stereocenters. The molecule has 0 atom stereocenters. The van der Waals surface area contributed by atoms with E-state index in [-0.39, 0.29) is 17.0 Å². The number of likely N-dealkylation sites (tertiary alicyclic amines) is 1. The molecule has 2 aliphatic rings. The number of nitrogens with zero attached hydrogens (tertiary/aromatic N) is 2. The molecule has 0 saturated carbocycles. The fourth-order valence-corrected chi connectivity index (χ4v) is 4.75. The van der Waals surface area contributed by atoms with Crippen LogP contribution < -0.4 is 5.69 Å². The SMILES string of the molecule is CC(C)Cc1cc(C(=O)N2CCC3(CCc4ccccc43)CC2)nc(=O)[nH]1. The van der Waals surface area contributed by atoms with E-state index in [0.717, 1.165) is 44.5 Å². The number of aryl methyl sites for hydroxylation is 1. The topological polar surface area (TPSA) is 66.1 Å². The summed E-state index contributed by atoms with van der Waals surface area (Å²) in [4.78, 5) is 33.4. The molecule has 1 saturated heterocycles. The Morgan fingerprint density at radius 3 is 2.70 bits per heavy atom. The predicted octanol–water partition coefficient (Wildman–Crippen LogP) is 3.09. The van der Waals surface area contributed by atoms with Crippen LogP contribution >= 0.6 is 0 Å². The van der Waals surface area contributed by atoms with Gasteiger partial charge in [-0.1, -0.05) is 38.1 Å². The van der Waals surface area contributed by atoms with Crippen LogP contribution in [0.4, 0.5) is 0 Å². The van der Waals surface area contributed by atoms with E-state index in [1.807, 2.05) is 4.90 Å². The van der Waals surface area contributed by atoms with Crippen LogP contribution in [0.2, 0.25) is 0 Å². The Bertz CT molecular complexity index is 908. The van der Waals surface area contributed by atoms with Gasteiger partial charge in [0.1, 0.15) is 5.69 Å². The van der Waals surface area contributed by atoms with Gasteiger partial charge in [0.05, 0.1) is 0 Å². The maximum Gasteiger partial charge on any atom is 0.345 e. The molecule has 0 bridgehead atoms. The van der Waals surface area contributed by atoms with E-state index >= 15 is 0 Å². The van der Waals surface area contributed by atoms with Crippen LogP contribution in [-0.2, 0) is 18.3 Å². The van der Waals surface area contributed by atoms with Crippen molar-refractivity contribution in [2.45, 2.75) is 51.4 Å². The van der Waals surface area contributed by atoms with E-state index in [0.29, 0.717) is 5.92 Å². The molecule has 1 aromatic heterocycles. The van der Waals surface area contributed by atoms with Crippen molar-refractivity contribution >= 4 is 5.91 Å². The van der Waals surface area contributed by atoms with Gasteiger partial charge >= 0.3 is 5.69 Å². The first-order valence-electron chi connectivity index (χ1n) is 9.95. The zero-order valence-corrected chi connectivity index (χ0v) is 16.1. The zero-order chi connectivity index (χ0) is 19.0. The second kappa shape index (κ2) is 6.95. The van der Waals surface area contributed by atoms with Gasteiger partial charge in [0, 0.05) is 18.8 Å². The third-order valence-corrected chi connectivity index (χ3v) is 6.12. The predicted molar refractivity (Wildman–Crippen MR) is 105 cm³/mol. The summed E-state index contributed by atoms with van der Waals surface area (Å²) < 4.78 is 0. The molecule has 0 radical (unpaired) electrons. The van der Waals surface area contributed by atoms with Gasteiger partial charge < -0.3 is 9.88 Å². The Kier molecular flexibility index (Phi) is 4.62. The molecule has 4 rings (SSSR count). The van der Waals surface area contributed by atoms with Crippen LogP contribution in [0.3, 0.4) is 0 Å². The lowest BCUT2D eigenvalue weighted by Crippen LogP contribution is -2.45. The van der Waals surface area contributed by atoms with Gasteiger partial charge in [0.2, 0.25) is 0 Å². The third kappa shape index (κ3) is 3.43. The fraction of sp³-hybridized carbons (Fsp3) is 0.500. The van der Waals surface area contributed by atoms with Crippen molar-refractivity contribution < 1.29 is 4.79 Å². The van der Waals surface area contributed by atoms with Crippen LogP contribution in [0.1, 0.15) is 60.4 Å². The molecule has 1 N–H and O–H groups in total. The number of rotatable bonds is 3. The highest BCUT2D eigenvalue weighted by Crippen LogP contribution is 2.46. The number of hydrogen-bond acceptors (Lipinski definition) is 3. The number of carbonyl (C=O) groups excluding carboxylic acids is 1. The number of carbonyl (C=O) groups is 1. The molecule has 5 heteroatoms. The summed E-state index contributed by atoms with van der Waals surface area (Å²) in [6.45, 7) is 5.62. The third-order valence-electron chi connectivity index (χ3n) is 6.12. The molecular formula is C22H27N3O2. The summed E-state index contributed by atoms with van der Waals surface area (Å²) in [5.41, 5.74) is 3.79. The minimum Gasteiger partial charge on any atom is -0.337 e. The molecule has 1 amide bonds. The van der Waals surface area contributed by atoms with Crippen molar-refractivity contribution in [1.29, 1.82) is 0 Å². The quantitative estimate of drug-likeness (QED) is 0.909. The van der Waals surface area contributed by atoms with Crippen LogP contribution in [-0.4, -0.2) is 33.9 Å². The summed E-state index contributed by atoms with van der Waals surface area (Å²) in [5.74, 6) is 0.288. The average Bonchev–Trinajstić information content (AvgIpc) is 2.99. The monoisotopic (exact) mass is 365 g/mol. The van der Waals surface area contributed by atoms with Crippen LogP contribution in [0.5, 0.6) is 0 Å². The molecule has 27 heavy (non-hydrogen) atoms. The van der Waals surface area contributed by atoms with Crippen LogP contribution in [0.25, 0.3) is 0 Å². The normalized spacial score (nSPS) is 18.1. The average molecular weight is 365 g/mol. The fourth-order valence-electron chi connectivity index (χ4n) is 4.75. The van der Waals surface area contributed by atoms with Crippen LogP contribution in [0.15, 0.2) is 35.1 Å². The molecule has 1 spiro atoms. The van der Waals surface area contributed by atoms with E-state index in [1.165, 1.54) is 17.5 Å². The summed E-state index contributed by atoms with van der Waals surface area (Å²) in [6.07, 6.45) is 5.02. The van der Waals surface area contributed by atoms with Crippen molar-refractivity contribution in [2.24, 2.45) is 5.92 Å². The Morgan fingerprint density at radius 1 is 1.22 bits per heavy atom. The van der Waals surface area contributed by atoms with Gasteiger partial charge in [-0.05, 0) is 60.6 Å². The highest BCUT2D eigenvalue weighted by molar-refractivity contribution is 5.92. The van der Waals surface area contributed by atoms with Crippen molar-refractivity contribution in [3.63, 3.8) is 0 Å². The number of piperidine rings is 1. The highest BCUT2D eigenvalue weighted by Gasteiger charge is 2.41. The maximum atomic E-state index is 12.9. The molecule has 2 heterocycles. The van der Waals surface area contributed by atoms with Crippen molar-refractivity contribution in [2.75, 3.05) is 13.1 Å². The number of aromatic amines is 1. The van der Waals surface area contributed by atoms with E-state index in [1.54, 1.807) is 6.07 Å². The van der Waals surface area contributed by atoms with Gasteiger partial charge in [0.25, 0.3) is 5.91 Å². The Hall–Kier alpha value is -2.43. The molecule has 142 valence electrons. The summed E-state index contributed by atoms with van der Waals surface area (Å²) in [6, 6.07) is 10.5. The molecule has 1 aliphatic carbocycles. The van der Waals surface area contributed by atoms with Crippen molar-refractivity contribution in [3.05, 3.63) is 63.3 Å². The van der Waals surface area contributed by atoms with Crippen molar-refractivity contribution in [3.8, 4) is 0 Å². The summed E-state index contributed by atoms with van der Waals surface area (Å²) in [7, 11) is 0. The number of H-pyrrole nitrogens is 1. The number of fused-ring (bicyclic) bond motifs is 2. The Balaban J connectivity index is 1.50. The lowest BCUT2D eigenvalue weighted by Gasteiger charge is -2.40. The van der Waals surface area contributed by atoms with Crippen molar-refractivity contribution in [1.82, 2.24) is 14.9 Å². The number of amides is 1.